The van der Waals surface area contributed by atoms with E-state index >= 15 is 0 Å². The molecule has 0 spiro atoms. The van der Waals surface area contributed by atoms with Crippen molar-refractivity contribution >= 4 is 62.3 Å². The second kappa shape index (κ2) is 13.7. The van der Waals surface area contributed by atoms with Gasteiger partial charge in [-0.3, -0.25) is 13.9 Å². The van der Waals surface area contributed by atoms with Crippen molar-refractivity contribution in [1.82, 2.24) is 10.2 Å². The zero-order valence-electron chi connectivity index (χ0n) is 22.7. The van der Waals surface area contributed by atoms with Gasteiger partial charge < -0.3 is 10.2 Å². The molecule has 11 heteroatoms. The molecule has 0 fully saturated rings. The number of nitrogens with zero attached hydrogens (tertiary/aromatic N) is 2. The summed E-state index contributed by atoms with van der Waals surface area (Å²) in [6.45, 7) is 7.07. The third-order valence-corrected chi connectivity index (χ3v) is 8.99. The van der Waals surface area contributed by atoms with E-state index in [2.05, 4.69) is 5.32 Å². The summed E-state index contributed by atoms with van der Waals surface area (Å²) in [5.41, 5.74) is 1.57. The molecule has 0 bridgehead atoms. The van der Waals surface area contributed by atoms with Gasteiger partial charge in [-0.15, -0.1) is 0 Å². The van der Waals surface area contributed by atoms with Crippen LogP contribution in [0.4, 0.5) is 5.69 Å². The van der Waals surface area contributed by atoms with Gasteiger partial charge in [-0.25, -0.2) is 8.42 Å². The maximum absolute atomic E-state index is 14.0. The van der Waals surface area contributed by atoms with Gasteiger partial charge >= 0.3 is 0 Å². The van der Waals surface area contributed by atoms with Gasteiger partial charge in [0.05, 0.1) is 10.6 Å². The molecule has 0 saturated carbocycles. The van der Waals surface area contributed by atoms with Crippen LogP contribution in [-0.2, 0) is 26.2 Å². The smallest absolute Gasteiger partial charge is 0.264 e. The Balaban J connectivity index is 2.04. The number of carbonyl (C=O) groups excluding carboxylic acids is 2. The first-order valence-electron chi connectivity index (χ1n) is 12.7. The molecule has 1 atom stereocenters. The zero-order valence-corrected chi connectivity index (χ0v) is 25.8. The lowest BCUT2D eigenvalue weighted by Gasteiger charge is -2.32. The number of sulfonamides is 1. The number of halogens is 3. The van der Waals surface area contributed by atoms with Crippen LogP contribution < -0.4 is 9.62 Å². The fraction of sp³-hybridized carbons (Fsp3) is 0.310. The van der Waals surface area contributed by atoms with E-state index in [0.717, 1.165) is 9.87 Å². The summed E-state index contributed by atoms with van der Waals surface area (Å²) in [5.74, 6) is -0.808. The number of hydrogen-bond donors (Lipinski definition) is 1. The van der Waals surface area contributed by atoms with Crippen LogP contribution in [0.15, 0.2) is 71.6 Å². The predicted molar refractivity (Wildman–Crippen MR) is 161 cm³/mol. The average Bonchev–Trinajstić information content (AvgIpc) is 2.90. The van der Waals surface area contributed by atoms with Crippen LogP contribution in [-0.4, -0.2) is 44.3 Å². The van der Waals surface area contributed by atoms with E-state index in [1.165, 1.54) is 29.2 Å². The summed E-state index contributed by atoms with van der Waals surface area (Å²) in [5, 5.41) is 3.89. The van der Waals surface area contributed by atoms with Crippen LogP contribution in [0.1, 0.15) is 31.9 Å². The quantitative estimate of drug-likeness (QED) is 0.270. The SMILES string of the molecule is Cc1ccc(S(=O)(=O)N(CC(=O)N(Cc2c(Cl)cccc2Cl)C(C)C(=O)NCC(C)C)c2ccc(Cl)cc2)cc1. The van der Waals surface area contributed by atoms with Gasteiger partial charge in [0.2, 0.25) is 11.8 Å². The van der Waals surface area contributed by atoms with Gasteiger partial charge in [0.15, 0.2) is 0 Å². The molecule has 214 valence electrons. The number of anilines is 1. The van der Waals surface area contributed by atoms with Gasteiger partial charge in [0, 0.05) is 33.7 Å². The number of nitrogens with one attached hydrogen (secondary N) is 1. The van der Waals surface area contributed by atoms with Gasteiger partial charge in [-0.05, 0) is 68.3 Å². The van der Waals surface area contributed by atoms with Crippen LogP contribution in [0, 0.1) is 12.8 Å². The van der Waals surface area contributed by atoms with Crippen LogP contribution in [0.2, 0.25) is 15.1 Å². The molecule has 7 nitrogen and oxygen atoms in total. The Morgan fingerprint density at radius 1 is 0.875 bits per heavy atom. The van der Waals surface area contributed by atoms with Gasteiger partial charge in [-0.1, -0.05) is 72.4 Å². The van der Waals surface area contributed by atoms with Crippen LogP contribution in [0.3, 0.4) is 0 Å². The molecule has 1 N–H and O–H groups in total. The molecular formula is C29H32Cl3N3O4S. The fourth-order valence-corrected chi connectivity index (χ4v) is 5.92. The summed E-state index contributed by atoms with van der Waals surface area (Å²) in [4.78, 5) is 28.3. The highest BCUT2D eigenvalue weighted by molar-refractivity contribution is 7.92. The summed E-state index contributed by atoms with van der Waals surface area (Å²) < 4.78 is 28.7. The summed E-state index contributed by atoms with van der Waals surface area (Å²) in [6.07, 6.45) is 0. The van der Waals surface area contributed by atoms with E-state index in [1.54, 1.807) is 49.4 Å². The highest BCUT2D eigenvalue weighted by Crippen LogP contribution is 2.29. The molecule has 2 amide bonds. The molecule has 0 saturated heterocycles. The minimum Gasteiger partial charge on any atom is -0.354 e. The standard InChI is InChI=1S/C29H32Cl3N3O4S/c1-19(2)16-33-29(37)21(4)34(17-25-26(31)6-5-7-27(25)32)28(36)18-35(23-12-10-22(30)11-13-23)40(38,39)24-14-8-20(3)9-15-24/h5-15,19,21H,16-18H2,1-4H3,(H,33,37). The first kappa shape index (κ1) is 31.7. The Morgan fingerprint density at radius 3 is 2.00 bits per heavy atom. The van der Waals surface area contributed by atoms with Crippen molar-refractivity contribution in [2.75, 3.05) is 17.4 Å². The number of aryl methyl sites for hydroxylation is 1. The molecule has 1 unspecified atom stereocenters. The maximum atomic E-state index is 14.0. The van der Waals surface area contributed by atoms with Gasteiger partial charge in [0.1, 0.15) is 12.6 Å². The third kappa shape index (κ3) is 7.91. The molecule has 3 aromatic rings. The molecular weight excluding hydrogens is 593 g/mol. The molecule has 3 aromatic carbocycles. The number of amides is 2. The lowest BCUT2D eigenvalue weighted by Crippen LogP contribution is -2.51. The van der Waals surface area contributed by atoms with E-state index in [0.29, 0.717) is 27.2 Å². The third-order valence-electron chi connectivity index (χ3n) is 6.24. The second-order valence-corrected chi connectivity index (χ2v) is 13.0. The Bertz CT molecular complexity index is 1430. The summed E-state index contributed by atoms with van der Waals surface area (Å²) in [6, 6.07) is 16.5. The van der Waals surface area contributed by atoms with Crippen molar-refractivity contribution in [2.24, 2.45) is 5.92 Å². The monoisotopic (exact) mass is 623 g/mol. The van der Waals surface area contributed by atoms with E-state index in [1.807, 2.05) is 20.8 Å². The van der Waals surface area contributed by atoms with Crippen molar-refractivity contribution in [3.8, 4) is 0 Å². The highest BCUT2D eigenvalue weighted by Gasteiger charge is 2.33. The van der Waals surface area contributed by atoms with Gasteiger partial charge in [-0.2, -0.15) is 0 Å². The molecule has 0 aliphatic heterocycles. The van der Waals surface area contributed by atoms with Gasteiger partial charge in [0.25, 0.3) is 10.0 Å². The number of rotatable bonds is 11. The van der Waals surface area contributed by atoms with Crippen LogP contribution in [0.5, 0.6) is 0 Å². The first-order chi connectivity index (χ1) is 18.8. The van der Waals surface area contributed by atoms with Crippen molar-refractivity contribution in [3.63, 3.8) is 0 Å². The Kier molecular flexibility index (Phi) is 10.9. The lowest BCUT2D eigenvalue weighted by atomic mass is 10.1. The first-order valence-corrected chi connectivity index (χ1v) is 15.2. The Labute approximate surface area is 251 Å². The molecule has 0 radical (unpaired) electrons. The van der Waals surface area contributed by atoms with Crippen molar-refractivity contribution < 1.29 is 18.0 Å². The molecule has 40 heavy (non-hydrogen) atoms. The van der Waals surface area contributed by atoms with Crippen molar-refractivity contribution in [1.29, 1.82) is 0 Å². The Hall–Kier alpha value is -2.78. The predicted octanol–water partition coefficient (Wildman–Crippen LogP) is 6.34. The largest absolute Gasteiger partial charge is 0.354 e. The van der Waals surface area contributed by atoms with Crippen molar-refractivity contribution in [2.45, 2.75) is 45.2 Å². The zero-order chi connectivity index (χ0) is 29.6. The molecule has 0 aromatic heterocycles. The van der Waals surface area contributed by atoms with E-state index in [-0.39, 0.29) is 29.0 Å². The summed E-state index contributed by atoms with van der Waals surface area (Å²) in [7, 11) is -4.18. The van der Waals surface area contributed by atoms with Crippen LogP contribution in [0.25, 0.3) is 0 Å². The number of carbonyl (C=O) groups is 2. The van der Waals surface area contributed by atoms with Crippen molar-refractivity contribution in [3.05, 3.63) is 92.9 Å². The maximum Gasteiger partial charge on any atom is 0.264 e. The minimum atomic E-state index is -4.18. The minimum absolute atomic E-state index is 0.0178. The molecule has 0 heterocycles. The molecule has 3 rings (SSSR count). The topological polar surface area (TPSA) is 86.8 Å². The number of hydrogen-bond acceptors (Lipinski definition) is 4. The molecule has 0 aliphatic rings. The van der Waals surface area contributed by atoms with Crippen LogP contribution >= 0.6 is 34.8 Å². The van der Waals surface area contributed by atoms with E-state index in [9.17, 15) is 18.0 Å². The summed E-state index contributed by atoms with van der Waals surface area (Å²) >= 11 is 18.9. The Morgan fingerprint density at radius 2 is 1.45 bits per heavy atom. The lowest BCUT2D eigenvalue weighted by molar-refractivity contribution is -0.139. The molecule has 0 aliphatic carbocycles. The highest BCUT2D eigenvalue weighted by atomic mass is 35.5. The van der Waals surface area contributed by atoms with E-state index < -0.39 is 28.5 Å². The normalized spacial score (nSPS) is 12.2. The van der Waals surface area contributed by atoms with E-state index in [4.69, 9.17) is 34.8 Å². The number of benzene rings is 3. The fourth-order valence-electron chi connectivity index (χ4n) is 3.86. The average molecular weight is 625 g/mol. The second-order valence-electron chi connectivity index (χ2n) is 9.84.